The number of amides is 3. The van der Waals surface area contributed by atoms with Gasteiger partial charge in [-0.2, -0.15) is 5.26 Å². The molecule has 8 heterocycles. The summed E-state index contributed by atoms with van der Waals surface area (Å²) in [5.41, 5.74) is 21.2. The molecule has 3 unspecified atom stereocenters. The smallest absolute Gasteiger partial charge is 0.224 e. The number of fused-ring (bicyclic) bond motifs is 4. The van der Waals surface area contributed by atoms with Crippen LogP contribution in [0.3, 0.4) is 0 Å². The van der Waals surface area contributed by atoms with E-state index in [-0.39, 0.29) is 41.3 Å². The molecule has 3 amide bonds. The summed E-state index contributed by atoms with van der Waals surface area (Å²) >= 11 is 0. The number of nitrogens with one attached hydrogen (secondary N) is 4. The van der Waals surface area contributed by atoms with Crippen LogP contribution in [-0.2, 0) is 59.7 Å². The zero-order valence-corrected chi connectivity index (χ0v) is 68.7. The summed E-state index contributed by atoms with van der Waals surface area (Å²) in [5, 5.41) is 22.1. The second-order valence-electron chi connectivity index (χ2n) is 33.2. The first-order valence-corrected chi connectivity index (χ1v) is 43.1. The number of nitrogens with zero attached hydrogens (tertiary/aromatic N) is 9. The van der Waals surface area contributed by atoms with Crippen LogP contribution in [0.25, 0.3) is 0 Å². The topological polar surface area (TPSA) is 149 Å². The van der Waals surface area contributed by atoms with Gasteiger partial charge in [-0.3, -0.25) is 29.1 Å². The number of hydrogen-bond acceptors (Lipinski definition) is 13. The third kappa shape index (κ3) is 23.9. The van der Waals surface area contributed by atoms with Gasteiger partial charge in [-0.1, -0.05) is 139 Å². The van der Waals surface area contributed by atoms with E-state index in [2.05, 4.69) is 240 Å². The third-order valence-electron chi connectivity index (χ3n) is 24.9. The number of rotatable bonds is 23. The van der Waals surface area contributed by atoms with E-state index < -0.39 is 0 Å². The second kappa shape index (κ2) is 42.0. The van der Waals surface area contributed by atoms with Gasteiger partial charge < -0.3 is 45.8 Å². The molecule has 606 valence electrons. The lowest BCUT2D eigenvalue weighted by atomic mass is 9.93. The highest BCUT2D eigenvalue weighted by molar-refractivity contribution is 5.81. The van der Waals surface area contributed by atoms with Crippen LogP contribution < -0.4 is 45.8 Å². The zero-order valence-electron chi connectivity index (χ0n) is 68.7. The minimum Gasteiger partial charge on any atom is -0.389 e. The molecule has 8 aliphatic rings. The van der Waals surface area contributed by atoms with Crippen molar-refractivity contribution in [1.82, 2.24) is 36.0 Å². The highest BCUT2D eigenvalue weighted by atomic mass is 19.1. The van der Waals surface area contributed by atoms with Crippen LogP contribution in [0.5, 0.6) is 0 Å². The molecular formula is C98H124FN13O3. The molecule has 0 aliphatic carbocycles. The lowest BCUT2D eigenvalue weighted by Gasteiger charge is -2.35. The molecule has 8 aromatic carbocycles. The first-order valence-electron chi connectivity index (χ1n) is 43.1. The van der Waals surface area contributed by atoms with Gasteiger partial charge in [-0.15, -0.1) is 0 Å². The van der Waals surface area contributed by atoms with Crippen LogP contribution in [0.4, 0.5) is 32.8 Å². The maximum absolute atomic E-state index is 14.3. The van der Waals surface area contributed by atoms with E-state index in [9.17, 15) is 18.8 Å². The molecule has 0 bridgehead atoms. The van der Waals surface area contributed by atoms with Crippen molar-refractivity contribution in [3.63, 3.8) is 0 Å². The summed E-state index contributed by atoms with van der Waals surface area (Å²) in [4.78, 5) is 57.1. The van der Waals surface area contributed by atoms with E-state index in [0.717, 1.165) is 225 Å². The average Bonchev–Trinajstić information content (AvgIpc) is 1.69. The number of nitriles is 1. The predicted octanol–water partition coefficient (Wildman–Crippen LogP) is 15.0. The van der Waals surface area contributed by atoms with Gasteiger partial charge in [0.25, 0.3) is 0 Å². The lowest BCUT2D eigenvalue weighted by Crippen LogP contribution is -2.45. The minimum atomic E-state index is -0.200. The van der Waals surface area contributed by atoms with Gasteiger partial charge in [0.2, 0.25) is 17.7 Å². The molecule has 4 fully saturated rings. The number of halogens is 1. The molecule has 3 atom stereocenters. The number of hydrogen-bond donors (Lipinski definition) is 4. The number of anilines is 5. The van der Waals surface area contributed by atoms with Crippen molar-refractivity contribution in [2.24, 2.45) is 23.7 Å². The molecular weight excluding hydrogens is 1430 g/mol. The van der Waals surface area contributed by atoms with E-state index in [1.165, 1.54) is 91.5 Å². The van der Waals surface area contributed by atoms with Crippen molar-refractivity contribution in [3.8, 4) is 6.07 Å². The predicted molar refractivity (Wildman–Crippen MR) is 468 cm³/mol. The minimum absolute atomic E-state index is 0.0830. The van der Waals surface area contributed by atoms with Crippen LogP contribution in [0.15, 0.2) is 200 Å². The fraction of sp³-hybridized carbons (Fsp3) is 0.449. The molecule has 4 saturated heterocycles. The fourth-order valence-electron chi connectivity index (χ4n) is 18.0. The summed E-state index contributed by atoms with van der Waals surface area (Å²) in [7, 11) is 0. The largest absolute Gasteiger partial charge is 0.389 e. The van der Waals surface area contributed by atoms with Crippen molar-refractivity contribution < 1.29 is 18.8 Å². The molecule has 0 saturated carbocycles. The lowest BCUT2D eigenvalue weighted by molar-refractivity contribution is -0.126. The standard InChI is InChI=1S/C26H32N4.C25H33N3O.C24H31N3O.C23H28FN3O/c1-21(23-12-17-30(18-13-23)26-9-7-22(19-27)8-10-26)28-14-4-15-29-16-11-24-5-2-3-6-25(24)20-29;1-20-9-11-24(12-10-20)28-16-4-8-23(19-28)25(29)26-14-5-15-27-17-13-21-6-2-3-7-22(21)18-27;1-19-8-10-23(11-9-19)27-14-4-7-22(18-27)24(28)25-13-16-26-15-12-20-5-2-3-6-21(20)17-26;1-17-8-9-22(20(24)15-17)27-12-4-6-19(16-27)23(28)25-11-14-26-13-10-18-5-2-3-7-21(18)26/h2-3,5-10,23,28H,1,4,11-18,20H2;2-3,6-7,9-12,23H,4-5,8,13-19H2,1H3,(H,26,29);2-3,5-6,8-11,22H,4,7,12-18H2,1H3,(H,25,28);2-3,5,7-9,15,19H,4,6,10-14,16H2,1H3,(H,25,28). The Morgan fingerprint density at radius 2 is 0.791 bits per heavy atom. The fourth-order valence-corrected chi connectivity index (χ4v) is 18.0. The van der Waals surface area contributed by atoms with Crippen LogP contribution in [0, 0.1) is 61.6 Å². The first-order chi connectivity index (χ1) is 56.2. The van der Waals surface area contributed by atoms with Gasteiger partial charge in [0.05, 0.1) is 35.1 Å². The summed E-state index contributed by atoms with van der Waals surface area (Å²) in [6.07, 6.45) is 14.9. The highest BCUT2D eigenvalue weighted by Crippen LogP contribution is 2.32. The van der Waals surface area contributed by atoms with E-state index in [1.54, 1.807) is 6.07 Å². The Labute approximate surface area is 685 Å². The quantitative estimate of drug-likeness (QED) is 0.0451. The molecule has 17 heteroatoms. The number of piperidine rings is 4. The van der Waals surface area contributed by atoms with Gasteiger partial charge in [-0.05, 0) is 222 Å². The number of para-hydroxylation sites is 1. The van der Waals surface area contributed by atoms with Gasteiger partial charge in [0.15, 0.2) is 0 Å². The summed E-state index contributed by atoms with van der Waals surface area (Å²) in [5.74, 6) is 1.00. The van der Waals surface area contributed by atoms with Gasteiger partial charge in [0.1, 0.15) is 5.82 Å². The summed E-state index contributed by atoms with van der Waals surface area (Å²) < 4.78 is 14.3. The van der Waals surface area contributed by atoms with E-state index in [4.69, 9.17) is 5.26 Å². The Morgan fingerprint density at radius 1 is 0.391 bits per heavy atom. The maximum atomic E-state index is 14.3. The van der Waals surface area contributed by atoms with Crippen LogP contribution in [0.1, 0.15) is 125 Å². The molecule has 0 spiro atoms. The Bertz CT molecular complexity index is 4500. The summed E-state index contributed by atoms with van der Waals surface area (Å²) in [6, 6.07) is 67.5. The average molecular weight is 1550 g/mol. The molecule has 8 aromatic rings. The molecule has 8 aliphatic heterocycles. The Hall–Kier alpha value is -9.99. The van der Waals surface area contributed by atoms with Crippen molar-refractivity contribution in [3.05, 3.63) is 267 Å². The van der Waals surface area contributed by atoms with Gasteiger partial charge >= 0.3 is 0 Å². The molecule has 16 rings (SSSR count). The van der Waals surface area contributed by atoms with Crippen molar-refractivity contribution in [1.29, 1.82) is 5.26 Å². The van der Waals surface area contributed by atoms with Gasteiger partial charge in [-0.25, -0.2) is 4.39 Å². The van der Waals surface area contributed by atoms with Gasteiger partial charge in [0, 0.05) is 185 Å². The van der Waals surface area contributed by atoms with Crippen LogP contribution >= 0.6 is 0 Å². The molecule has 0 aromatic heterocycles. The van der Waals surface area contributed by atoms with E-state index >= 15 is 0 Å². The van der Waals surface area contributed by atoms with Crippen LogP contribution in [0.2, 0.25) is 0 Å². The van der Waals surface area contributed by atoms with Crippen molar-refractivity contribution in [2.75, 3.05) is 155 Å². The first kappa shape index (κ1) is 83.0. The number of carbonyl (C=O) groups is 3. The molecule has 0 radical (unpaired) electrons. The van der Waals surface area contributed by atoms with E-state index in [1.807, 2.05) is 36.1 Å². The Morgan fingerprint density at radius 3 is 1.29 bits per heavy atom. The van der Waals surface area contributed by atoms with E-state index in [0.29, 0.717) is 24.7 Å². The highest BCUT2D eigenvalue weighted by Gasteiger charge is 2.31. The second-order valence-corrected chi connectivity index (χ2v) is 33.2. The zero-order chi connectivity index (χ0) is 79.7. The van der Waals surface area contributed by atoms with Crippen LogP contribution in [-0.4, -0.2) is 163 Å². The maximum Gasteiger partial charge on any atom is 0.224 e. The number of benzene rings is 8. The SMILES string of the molecule is C=C(NCCCN1CCc2ccccc2C1)C1CCN(c2ccc(C#N)cc2)CC1.Cc1ccc(N2CCCC(C(=O)NCCCN3CCc4ccccc4C3)C2)cc1.Cc1ccc(N2CCCC(C(=O)NCCN3CCc4ccccc43)C2)c(F)c1.Cc1ccc(N2CCCC(C(=O)NCCN3CCc4ccccc4C3)C2)cc1. The summed E-state index contributed by atoms with van der Waals surface area (Å²) in [6.45, 7) is 32.3. The number of carbonyl (C=O) groups excluding carboxylic acids is 3. The monoisotopic (exact) mass is 1550 g/mol. The normalized spacial score (nSPS) is 18.9. The number of allylic oxidation sites excluding steroid dienone is 1. The Kier molecular flexibility index (Phi) is 30.3. The van der Waals surface area contributed by atoms with Crippen molar-refractivity contribution in [2.45, 2.75) is 130 Å². The molecule has 4 N–H and O–H groups in total. The molecule has 16 nitrogen and oxygen atoms in total. The van der Waals surface area contributed by atoms with Crippen molar-refractivity contribution >= 4 is 46.2 Å². The third-order valence-corrected chi connectivity index (χ3v) is 24.9. The Balaban J connectivity index is 0.000000134. The number of aryl methyl sites for hydroxylation is 3. The molecule has 115 heavy (non-hydrogen) atoms.